The van der Waals surface area contributed by atoms with Crippen LogP contribution in [0.3, 0.4) is 0 Å². The van der Waals surface area contributed by atoms with Gasteiger partial charge in [0.2, 0.25) is 5.91 Å². The first-order valence-electron chi connectivity index (χ1n) is 7.57. The number of hydrogen-bond acceptors (Lipinski definition) is 5. The summed E-state index contributed by atoms with van der Waals surface area (Å²) in [6.07, 6.45) is 0. The van der Waals surface area contributed by atoms with Crippen LogP contribution in [0.15, 0.2) is 40.0 Å². The zero-order valence-corrected chi connectivity index (χ0v) is 15.2. The van der Waals surface area contributed by atoms with Gasteiger partial charge < -0.3 is 10.5 Å². The summed E-state index contributed by atoms with van der Waals surface area (Å²) in [5, 5.41) is 4.35. The Morgan fingerprint density at radius 3 is 2.92 bits per heavy atom. The summed E-state index contributed by atoms with van der Waals surface area (Å²) in [7, 11) is 0. The smallest absolute Gasteiger partial charge is 0.340 e. The van der Waals surface area contributed by atoms with E-state index in [1.807, 2.05) is 41.9 Å². The van der Waals surface area contributed by atoms with Crippen molar-refractivity contribution in [3.8, 4) is 0 Å². The molecule has 1 aromatic heterocycles. The second-order valence-corrected chi connectivity index (χ2v) is 7.23. The first-order chi connectivity index (χ1) is 12.0. The van der Waals surface area contributed by atoms with Crippen molar-refractivity contribution in [2.75, 3.05) is 10.7 Å². The first kappa shape index (κ1) is 17.7. The molecule has 0 unspecified atom stereocenters. The Balaban J connectivity index is 1.85. The number of anilines is 1. The van der Waals surface area contributed by atoms with Crippen LogP contribution < -0.4 is 10.6 Å². The number of thioether (sulfide) groups is 1. The van der Waals surface area contributed by atoms with E-state index in [1.165, 1.54) is 16.7 Å². The second kappa shape index (κ2) is 7.81. The van der Waals surface area contributed by atoms with Crippen molar-refractivity contribution in [3.63, 3.8) is 0 Å². The van der Waals surface area contributed by atoms with Crippen LogP contribution in [0.5, 0.6) is 0 Å². The lowest BCUT2D eigenvalue weighted by molar-refractivity contribution is -0.115. The summed E-state index contributed by atoms with van der Waals surface area (Å²) in [6.45, 7) is 2.80. The molecule has 6 nitrogen and oxygen atoms in total. The van der Waals surface area contributed by atoms with E-state index in [9.17, 15) is 9.59 Å². The third kappa shape index (κ3) is 4.28. The number of hydrogen-bond donors (Lipinski definition) is 1. The van der Waals surface area contributed by atoms with Gasteiger partial charge in [-0.1, -0.05) is 23.9 Å². The minimum absolute atomic E-state index is 0.130. The number of amides is 3. The Kier molecular flexibility index (Phi) is 5.52. The predicted octanol–water partition coefficient (Wildman–Crippen LogP) is 3.29. The highest BCUT2D eigenvalue weighted by atomic mass is 32.2. The number of urea groups is 1. The van der Waals surface area contributed by atoms with Crippen LogP contribution in [0.25, 0.3) is 0 Å². The van der Waals surface area contributed by atoms with Gasteiger partial charge in [0.1, 0.15) is 0 Å². The van der Waals surface area contributed by atoms with Crippen LogP contribution in [0.4, 0.5) is 10.5 Å². The molecule has 0 spiro atoms. The fourth-order valence-electron chi connectivity index (χ4n) is 2.43. The number of nitrogens with two attached hydrogens (primary N) is 1. The summed E-state index contributed by atoms with van der Waals surface area (Å²) in [5.41, 5.74) is 8.81. The molecular formula is C17H17N3O3S2. The number of amidine groups is 1. The Morgan fingerprint density at radius 2 is 2.20 bits per heavy atom. The zero-order valence-electron chi connectivity index (χ0n) is 13.6. The van der Waals surface area contributed by atoms with Gasteiger partial charge >= 0.3 is 6.03 Å². The van der Waals surface area contributed by atoms with E-state index < -0.39 is 6.03 Å². The number of carbonyl (C=O) groups is 2. The number of nitrogens with zero attached hydrogens (tertiary/aromatic N) is 2. The van der Waals surface area contributed by atoms with Crippen molar-refractivity contribution in [1.29, 1.82) is 0 Å². The molecule has 1 fully saturated rings. The van der Waals surface area contributed by atoms with Crippen molar-refractivity contribution in [2.24, 2.45) is 10.7 Å². The fraction of sp³-hybridized carbons (Fsp3) is 0.235. The second-order valence-electron chi connectivity index (χ2n) is 5.51. The summed E-state index contributed by atoms with van der Waals surface area (Å²) >= 11 is 2.83. The number of aliphatic imine (C=N–C) groups is 1. The third-order valence-corrected chi connectivity index (χ3v) is 5.21. The standard InChI is InChI=1S/C17H17N3O3S2/c1-11-2-3-13(8-23-7-12-4-5-24-9-12)14(6-11)20-15(21)10-25-17(20)19-16(18)22/h2-6,9H,7-8,10H2,1H3,(H2,18,22). The summed E-state index contributed by atoms with van der Waals surface area (Å²) in [6, 6.07) is 6.98. The number of benzene rings is 1. The Bertz CT molecular complexity index is 819. The zero-order chi connectivity index (χ0) is 17.8. The van der Waals surface area contributed by atoms with Crippen molar-refractivity contribution in [1.82, 2.24) is 0 Å². The SMILES string of the molecule is Cc1ccc(COCc2ccsc2)c(N2C(=O)CSC2=NC(N)=O)c1. The summed E-state index contributed by atoms with van der Waals surface area (Å²) in [5.74, 6) is 0.101. The molecule has 2 aromatic rings. The van der Waals surface area contributed by atoms with Crippen LogP contribution in [0, 0.1) is 6.92 Å². The molecule has 3 rings (SSSR count). The van der Waals surface area contributed by atoms with E-state index in [1.54, 1.807) is 11.3 Å². The van der Waals surface area contributed by atoms with Gasteiger partial charge in [-0.3, -0.25) is 9.69 Å². The molecule has 2 heterocycles. The van der Waals surface area contributed by atoms with E-state index >= 15 is 0 Å². The summed E-state index contributed by atoms with van der Waals surface area (Å²) in [4.78, 5) is 28.7. The van der Waals surface area contributed by atoms with Gasteiger partial charge in [0.05, 0.1) is 24.7 Å². The topological polar surface area (TPSA) is 85.0 Å². The third-order valence-electron chi connectivity index (χ3n) is 3.56. The number of ether oxygens (including phenoxy) is 1. The fourth-order valence-corrected chi connectivity index (χ4v) is 3.95. The van der Waals surface area contributed by atoms with Gasteiger partial charge in [-0.05, 0) is 40.9 Å². The number of carbonyl (C=O) groups excluding carboxylic acids is 2. The lowest BCUT2D eigenvalue weighted by Gasteiger charge is -2.20. The van der Waals surface area contributed by atoms with E-state index in [0.717, 1.165) is 16.7 Å². The van der Waals surface area contributed by atoms with Gasteiger partial charge in [-0.2, -0.15) is 16.3 Å². The monoisotopic (exact) mass is 375 g/mol. The Morgan fingerprint density at radius 1 is 1.36 bits per heavy atom. The van der Waals surface area contributed by atoms with Gasteiger partial charge in [0.15, 0.2) is 5.17 Å². The lowest BCUT2D eigenvalue weighted by Crippen LogP contribution is -2.31. The van der Waals surface area contributed by atoms with Gasteiger partial charge in [-0.25, -0.2) is 4.79 Å². The van der Waals surface area contributed by atoms with E-state index in [-0.39, 0.29) is 11.7 Å². The van der Waals surface area contributed by atoms with Crippen molar-refractivity contribution >= 4 is 45.9 Å². The average Bonchev–Trinajstić information content (AvgIpc) is 3.19. The van der Waals surface area contributed by atoms with Gasteiger partial charge in [-0.15, -0.1) is 0 Å². The molecule has 3 amide bonds. The molecule has 0 saturated carbocycles. The molecule has 2 N–H and O–H groups in total. The number of aryl methyl sites for hydroxylation is 1. The van der Waals surface area contributed by atoms with Gasteiger partial charge in [0, 0.05) is 5.56 Å². The van der Waals surface area contributed by atoms with Crippen molar-refractivity contribution in [3.05, 3.63) is 51.7 Å². The minimum Gasteiger partial charge on any atom is -0.372 e. The van der Waals surface area contributed by atoms with Crippen molar-refractivity contribution in [2.45, 2.75) is 20.1 Å². The highest BCUT2D eigenvalue weighted by Gasteiger charge is 2.31. The molecule has 0 radical (unpaired) electrons. The molecule has 1 aliphatic heterocycles. The summed E-state index contributed by atoms with van der Waals surface area (Å²) < 4.78 is 5.79. The molecule has 25 heavy (non-hydrogen) atoms. The van der Waals surface area contributed by atoms with Crippen LogP contribution in [0.2, 0.25) is 0 Å². The molecule has 0 aliphatic carbocycles. The number of primary amides is 1. The maximum absolute atomic E-state index is 12.3. The van der Waals surface area contributed by atoms with E-state index in [4.69, 9.17) is 10.5 Å². The highest BCUT2D eigenvalue weighted by Crippen LogP contribution is 2.31. The molecular weight excluding hydrogens is 358 g/mol. The first-order valence-corrected chi connectivity index (χ1v) is 9.49. The maximum atomic E-state index is 12.3. The minimum atomic E-state index is -0.815. The van der Waals surface area contributed by atoms with E-state index in [0.29, 0.717) is 24.1 Å². The molecule has 130 valence electrons. The lowest BCUT2D eigenvalue weighted by atomic mass is 10.1. The molecule has 1 aromatic carbocycles. The Hall–Kier alpha value is -2.16. The van der Waals surface area contributed by atoms with Crippen molar-refractivity contribution < 1.29 is 14.3 Å². The average molecular weight is 375 g/mol. The molecule has 1 aliphatic rings. The molecule has 8 heteroatoms. The van der Waals surface area contributed by atoms with Crippen LogP contribution in [-0.2, 0) is 22.7 Å². The normalized spacial score (nSPS) is 16.0. The number of rotatable bonds is 5. The largest absolute Gasteiger partial charge is 0.372 e. The molecule has 0 bridgehead atoms. The van der Waals surface area contributed by atoms with Gasteiger partial charge in [0.25, 0.3) is 0 Å². The van der Waals surface area contributed by atoms with Crippen LogP contribution in [0.1, 0.15) is 16.7 Å². The maximum Gasteiger partial charge on any atom is 0.340 e. The molecule has 1 saturated heterocycles. The van der Waals surface area contributed by atoms with Crippen LogP contribution in [-0.4, -0.2) is 22.9 Å². The highest BCUT2D eigenvalue weighted by molar-refractivity contribution is 8.15. The van der Waals surface area contributed by atoms with Crippen LogP contribution >= 0.6 is 23.1 Å². The predicted molar refractivity (Wildman–Crippen MR) is 101 cm³/mol. The van der Waals surface area contributed by atoms with E-state index in [2.05, 4.69) is 4.99 Å². The number of thiophene rings is 1. The molecule has 0 atom stereocenters. The Labute approximate surface area is 153 Å². The quantitative estimate of drug-likeness (QED) is 0.869.